The number of carbonyl (C=O) groups is 1. The van der Waals surface area contributed by atoms with Crippen molar-refractivity contribution in [1.29, 1.82) is 0 Å². The molecule has 0 spiro atoms. The van der Waals surface area contributed by atoms with Crippen molar-refractivity contribution >= 4 is 27.5 Å². The number of amidine groups is 1. The van der Waals surface area contributed by atoms with Gasteiger partial charge in [-0.3, -0.25) is 9.52 Å². The van der Waals surface area contributed by atoms with E-state index in [1.54, 1.807) is 24.3 Å². The molecule has 0 bridgehead atoms. The van der Waals surface area contributed by atoms with Gasteiger partial charge in [0.1, 0.15) is 0 Å². The Bertz CT molecular complexity index is 848. The number of anilines is 1. The van der Waals surface area contributed by atoms with Crippen LogP contribution in [0.2, 0.25) is 0 Å². The first-order valence-electron chi connectivity index (χ1n) is 10.6. The Labute approximate surface area is 178 Å². The minimum atomic E-state index is -3.33. The van der Waals surface area contributed by atoms with Crippen LogP contribution >= 0.6 is 0 Å². The topological polar surface area (TPSA) is 117 Å². The van der Waals surface area contributed by atoms with Crippen LogP contribution < -0.4 is 10.2 Å². The van der Waals surface area contributed by atoms with Gasteiger partial charge in [-0.05, 0) is 36.6 Å². The molecule has 1 aliphatic carbocycles. The van der Waals surface area contributed by atoms with Gasteiger partial charge in [0.15, 0.2) is 12.1 Å². The van der Waals surface area contributed by atoms with Crippen molar-refractivity contribution in [3.8, 4) is 0 Å². The molecular formula is C21H31N3O5S. The molecule has 30 heavy (non-hydrogen) atoms. The summed E-state index contributed by atoms with van der Waals surface area (Å²) < 4.78 is 25.1. The second-order valence-corrected chi connectivity index (χ2v) is 10.1. The van der Waals surface area contributed by atoms with Crippen molar-refractivity contribution in [2.75, 3.05) is 11.0 Å². The van der Waals surface area contributed by atoms with Gasteiger partial charge < -0.3 is 5.11 Å². The van der Waals surface area contributed by atoms with Crippen molar-refractivity contribution in [3.63, 3.8) is 0 Å². The van der Waals surface area contributed by atoms with Crippen molar-refractivity contribution in [2.24, 2.45) is 16.8 Å². The fourth-order valence-corrected chi connectivity index (χ4v) is 4.82. The SMILES string of the molecule is CS(=O)(=O)Nc1ccc(C2=NC([C@H](CCCC3CCCCC3)CC(=O)O)ON2)cc1. The number of aliphatic imine (C=N–C) groups is 1. The lowest BCUT2D eigenvalue weighted by Crippen LogP contribution is -2.25. The molecule has 0 amide bonds. The van der Waals surface area contributed by atoms with Gasteiger partial charge >= 0.3 is 5.97 Å². The lowest BCUT2D eigenvalue weighted by atomic mass is 9.84. The van der Waals surface area contributed by atoms with Gasteiger partial charge in [-0.15, -0.1) is 0 Å². The molecule has 2 atom stereocenters. The molecule has 1 unspecified atom stereocenters. The highest BCUT2D eigenvalue weighted by Gasteiger charge is 2.30. The van der Waals surface area contributed by atoms with E-state index in [1.165, 1.54) is 32.1 Å². The lowest BCUT2D eigenvalue weighted by molar-refractivity contribution is -0.139. The summed E-state index contributed by atoms with van der Waals surface area (Å²) in [6.07, 6.45) is 10.00. The number of hydrogen-bond acceptors (Lipinski definition) is 6. The summed E-state index contributed by atoms with van der Waals surface area (Å²) in [7, 11) is -3.33. The van der Waals surface area contributed by atoms with Crippen LogP contribution in [0.15, 0.2) is 29.3 Å². The van der Waals surface area contributed by atoms with E-state index >= 15 is 0 Å². The smallest absolute Gasteiger partial charge is 0.303 e. The van der Waals surface area contributed by atoms with Gasteiger partial charge in [0.2, 0.25) is 10.0 Å². The average Bonchev–Trinajstić information content (AvgIpc) is 3.17. The maximum atomic E-state index is 11.4. The predicted octanol–water partition coefficient (Wildman–Crippen LogP) is 3.51. The first-order valence-corrected chi connectivity index (χ1v) is 12.5. The zero-order valence-electron chi connectivity index (χ0n) is 17.3. The van der Waals surface area contributed by atoms with E-state index in [1.807, 2.05) is 0 Å². The number of sulfonamides is 1. The molecule has 0 aromatic heterocycles. The van der Waals surface area contributed by atoms with E-state index in [-0.39, 0.29) is 12.3 Å². The molecule has 0 saturated heterocycles. The molecule has 8 nitrogen and oxygen atoms in total. The minimum Gasteiger partial charge on any atom is -0.481 e. The fraction of sp³-hybridized carbons (Fsp3) is 0.619. The Balaban J connectivity index is 1.60. The maximum absolute atomic E-state index is 11.4. The van der Waals surface area contributed by atoms with Gasteiger partial charge in [-0.25, -0.2) is 23.7 Å². The summed E-state index contributed by atoms with van der Waals surface area (Å²) in [4.78, 5) is 21.5. The number of carboxylic acids is 1. The Morgan fingerprint density at radius 2 is 1.97 bits per heavy atom. The number of hydrogen-bond donors (Lipinski definition) is 3. The van der Waals surface area contributed by atoms with E-state index in [2.05, 4.69) is 15.2 Å². The highest BCUT2D eigenvalue weighted by atomic mass is 32.2. The van der Waals surface area contributed by atoms with Crippen LogP contribution in [0, 0.1) is 11.8 Å². The van der Waals surface area contributed by atoms with Gasteiger partial charge in [-0.2, -0.15) is 0 Å². The molecule has 1 aliphatic heterocycles. The first kappa shape index (κ1) is 22.6. The number of aliphatic carboxylic acids is 1. The van der Waals surface area contributed by atoms with Crippen LogP contribution in [-0.2, 0) is 19.7 Å². The molecule has 166 valence electrons. The van der Waals surface area contributed by atoms with Crippen LogP contribution in [-0.4, -0.2) is 37.8 Å². The normalized spacial score (nSPS) is 21.0. The number of nitrogens with zero attached hydrogens (tertiary/aromatic N) is 1. The zero-order valence-corrected chi connectivity index (χ0v) is 18.2. The lowest BCUT2D eigenvalue weighted by Gasteiger charge is -2.23. The zero-order chi connectivity index (χ0) is 21.6. The summed E-state index contributed by atoms with van der Waals surface area (Å²) in [5.41, 5.74) is 4.01. The van der Waals surface area contributed by atoms with Gasteiger partial charge in [0.05, 0.1) is 12.7 Å². The summed E-state index contributed by atoms with van der Waals surface area (Å²) in [5.74, 6) is 0.252. The van der Waals surface area contributed by atoms with E-state index in [0.717, 1.165) is 37.0 Å². The van der Waals surface area contributed by atoms with E-state index in [4.69, 9.17) is 4.84 Å². The van der Waals surface area contributed by atoms with Crippen molar-refractivity contribution < 1.29 is 23.2 Å². The summed E-state index contributed by atoms with van der Waals surface area (Å²) in [6, 6.07) is 6.76. The molecule has 1 aromatic rings. The first-order chi connectivity index (χ1) is 14.3. The van der Waals surface area contributed by atoms with Crippen molar-refractivity contribution in [1.82, 2.24) is 5.48 Å². The third-order valence-electron chi connectivity index (χ3n) is 5.75. The maximum Gasteiger partial charge on any atom is 0.303 e. The minimum absolute atomic E-state index is 0.0189. The Morgan fingerprint density at radius 1 is 1.27 bits per heavy atom. The van der Waals surface area contributed by atoms with E-state index < -0.39 is 22.2 Å². The third kappa shape index (κ3) is 6.98. The molecule has 3 rings (SSSR count). The quantitative estimate of drug-likeness (QED) is 0.516. The fourth-order valence-electron chi connectivity index (χ4n) is 4.26. The molecule has 0 radical (unpaired) electrons. The second-order valence-electron chi connectivity index (χ2n) is 8.33. The van der Waals surface area contributed by atoms with Crippen LogP contribution in [0.5, 0.6) is 0 Å². The standard InChI is InChI=1S/C21H31N3O5S/c1-30(27,28)24-18-12-10-16(11-13-18)20-22-21(29-23-20)17(14-19(25)26)9-5-8-15-6-3-2-4-7-15/h10-13,15,17,21,24H,2-9,14H2,1H3,(H,22,23)(H,25,26)/t17-,21?/m1/s1. The summed E-state index contributed by atoms with van der Waals surface area (Å²) in [6.45, 7) is 0. The molecule has 1 saturated carbocycles. The molecular weight excluding hydrogens is 406 g/mol. The third-order valence-corrected chi connectivity index (χ3v) is 6.35. The highest BCUT2D eigenvalue weighted by Crippen LogP contribution is 2.30. The van der Waals surface area contributed by atoms with Gasteiger partial charge in [0, 0.05) is 17.2 Å². The predicted molar refractivity (Wildman–Crippen MR) is 116 cm³/mol. The van der Waals surface area contributed by atoms with Crippen LogP contribution in [0.4, 0.5) is 5.69 Å². The van der Waals surface area contributed by atoms with Gasteiger partial charge in [-0.1, -0.05) is 44.9 Å². The second kappa shape index (κ2) is 10.3. The van der Waals surface area contributed by atoms with E-state index in [0.29, 0.717) is 11.5 Å². The number of rotatable bonds is 10. The van der Waals surface area contributed by atoms with Gasteiger partial charge in [0.25, 0.3) is 0 Å². The number of benzene rings is 1. The average molecular weight is 438 g/mol. The molecule has 1 aromatic carbocycles. The van der Waals surface area contributed by atoms with Crippen molar-refractivity contribution in [3.05, 3.63) is 29.8 Å². The monoisotopic (exact) mass is 437 g/mol. The molecule has 2 aliphatic rings. The summed E-state index contributed by atoms with van der Waals surface area (Å²) >= 11 is 0. The highest BCUT2D eigenvalue weighted by molar-refractivity contribution is 7.92. The largest absolute Gasteiger partial charge is 0.481 e. The number of nitrogens with one attached hydrogen (secondary N) is 2. The number of hydroxylamine groups is 1. The molecule has 1 heterocycles. The molecule has 1 fully saturated rings. The Morgan fingerprint density at radius 3 is 2.60 bits per heavy atom. The summed E-state index contributed by atoms with van der Waals surface area (Å²) in [5, 5.41) is 9.32. The van der Waals surface area contributed by atoms with Crippen molar-refractivity contribution in [2.45, 2.75) is 64.0 Å². The molecule has 9 heteroatoms. The van der Waals surface area contributed by atoms with E-state index in [9.17, 15) is 18.3 Å². The Hall–Kier alpha value is -2.13. The van der Waals surface area contributed by atoms with Crippen LogP contribution in [0.1, 0.15) is 63.4 Å². The Kier molecular flexibility index (Phi) is 7.71. The van der Waals surface area contributed by atoms with Crippen LogP contribution in [0.3, 0.4) is 0 Å². The number of carboxylic acid groups (broad SMARTS) is 1. The molecule has 3 N–H and O–H groups in total. The van der Waals surface area contributed by atoms with Crippen LogP contribution in [0.25, 0.3) is 0 Å².